The molecular formula is C11H13F3N2O3S. The van der Waals surface area contributed by atoms with E-state index in [1.165, 1.54) is 6.07 Å². The summed E-state index contributed by atoms with van der Waals surface area (Å²) < 4.78 is 60.1. The number of amides is 1. The molecule has 0 aromatic heterocycles. The molecule has 5 nitrogen and oxygen atoms in total. The number of nitrogens with one attached hydrogen (secondary N) is 1. The van der Waals surface area contributed by atoms with Gasteiger partial charge >= 0.3 is 6.18 Å². The van der Waals surface area contributed by atoms with Crippen molar-refractivity contribution in [1.82, 2.24) is 0 Å². The molecule has 0 heterocycles. The molecule has 0 fully saturated rings. The van der Waals surface area contributed by atoms with Crippen molar-refractivity contribution in [2.45, 2.75) is 12.7 Å². The van der Waals surface area contributed by atoms with E-state index in [0.717, 1.165) is 18.4 Å². The van der Waals surface area contributed by atoms with Gasteiger partial charge in [-0.3, -0.25) is 4.79 Å². The fourth-order valence-corrected chi connectivity index (χ4v) is 2.08. The summed E-state index contributed by atoms with van der Waals surface area (Å²) >= 11 is 0. The molecule has 0 radical (unpaired) electrons. The van der Waals surface area contributed by atoms with Gasteiger partial charge in [-0.15, -0.1) is 0 Å². The smallest absolute Gasteiger partial charge is 0.326 e. The third kappa shape index (κ3) is 4.82. The third-order valence-electron chi connectivity index (χ3n) is 2.31. The Labute approximate surface area is 113 Å². The molecule has 0 bridgehead atoms. The Morgan fingerprint density at radius 3 is 2.40 bits per heavy atom. The van der Waals surface area contributed by atoms with E-state index in [1.54, 1.807) is 0 Å². The second kappa shape index (κ2) is 5.80. The van der Waals surface area contributed by atoms with Crippen molar-refractivity contribution >= 4 is 21.4 Å². The van der Waals surface area contributed by atoms with Crippen molar-refractivity contribution in [3.8, 4) is 0 Å². The predicted molar refractivity (Wildman–Crippen MR) is 67.7 cm³/mol. The first-order chi connectivity index (χ1) is 9.03. The van der Waals surface area contributed by atoms with E-state index in [2.05, 4.69) is 5.32 Å². The van der Waals surface area contributed by atoms with Crippen LogP contribution < -0.4 is 11.1 Å². The van der Waals surface area contributed by atoms with Gasteiger partial charge in [-0.05, 0) is 17.7 Å². The molecule has 3 N–H and O–H groups in total. The monoisotopic (exact) mass is 310 g/mol. The lowest BCUT2D eigenvalue weighted by molar-refractivity contribution is -0.138. The highest BCUT2D eigenvalue weighted by Gasteiger charge is 2.33. The van der Waals surface area contributed by atoms with Gasteiger partial charge in [0.15, 0.2) is 9.84 Å². The van der Waals surface area contributed by atoms with E-state index in [9.17, 15) is 26.4 Å². The molecule has 9 heteroatoms. The molecule has 0 aliphatic carbocycles. The molecular weight excluding hydrogens is 297 g/mol. The van der Waals surface area contributed by atoms with E-state index in [-0.39, 0.29) is 17.8 Å². The van der Waals surface area contributed by atoms with Gasteiger partial charge in [0.1, 0.15) is 5.75 Å². The maximum Gasteiger partial charge on any atom is 0.416 e. The quantitative estimate of drug-likeness (QED) is 0.873. The van der Waals surface area contributed by atoms with Gasteiger partial charge in [-0.2, -0.15) is 13.2 Å². The summed E-state index contributed by atoms with van der Waals surface area (Å²) in [6.07, 6.45) is -3.75. The number of hydrogen-bond acceptors (Lipinski definition) is 4. The number of halogens is 3. The maximum absolute atomic E-state index is 12.8. The Balaban J connectivity index is 3.01. The number of benzene rings is 1. The summed E-state index contributed by atoms with van der Waals surface area (Å²) in [7, 11) is -3.55. The first-order valence-corrected chi connectivity index (χ1v) is 7.47. The van der Waals surface area contributed by atoms with Crippen molar-refractivity contribution in [2.24, 2.45) is 5.73 Å². The van der Waals surface area contributed by atoms with Crippen LogP contribution in [-0.4, -0.2) is 26.3 Å². The Bertz CT molecular complexity index is 612. The van der Waals surface area contributed by atoms with Crippen LogP contribution in [-0.2, 0) is 27.4 Å². The molecule has 1 aromatic rings. The topological polar surface area (TPSA) is 89.3 Å². The summed E-state index contributed by atoms with van der Waals surface area (Å²) in [4.78, 5) is 11.3. The molecule has 0 atom stereocenters. The standard InChI is InChI=1S/C11H13F3N2O3S/c1-20(18,19)6-10(17)16-8-3-2-7(5-15)9(4-8)11(12,13)14/h2-4H,5-6,15H2,1H3,(H,16,17). The second-order valence-electron chi connectivity index (χ2n) is 4.19. The second-order valence-corrected chi connectivity index (χ2v) is 6.33. The highest BCUT2D eigenvalue weighted by Crippen LogP contribution is 2.33. The molecule has 1 aromatic carbocycles. The summed E-state index contributed by atoms with van der Waals surface area (Å²) in [5, 5.41) is 2.10. The van der Waals surface area contributed by atoms with Gasteiger partial charge < -0.3 is 11.1 Å². The van der Waals surface area contributed by atoms with Crippen LogP contribution in [0.1, 0.15) is 11.1 Å². The lowest BCUT2D eigenvalue weighted by atomic mass is 10.1. The average molecular weight is 310 g/mol. The Morgan fingerprint density at radius 1 is 1.35 bits per heavy atom. The molecule has 0 aliphatic rings. The minimum atomic E-state index is -4.60. The van der Waals surface area contributed by atoms with Crippen molar-refractivity contribution in [3.05, 3.63) is 29.3 Å². The molecule has 0 saturated carbocycles. The van der Waals surface area contributed by atoms with Gasteiger partial charge in [0, 0.05) is 18.5 Å². The van der Waals surface area contributed by atoms with Crippen LogP contribution in [0.5, 0.6) is 0 Å². The van der Waals surface area contributed by atoms with Gasteiger partial charge in [0.2, 0.25) is 5.91 Å². The van der Waals surface area contributed by atoms with Crippen molar-refractivity contribution in [1.29, 1.82) is 0 Å². The number of sulfone groups is 1. The van der Waals surface area contributed by atoms with Gasteiger partial charge in [0.25, 0.3) is 0 Å². The van der Waals surface area contributed by atoms with Crippen molar-refractivity contribution in [3.63, 3.8) is 0 Å². The minimum Gasteiger partial charge on any atom is -0.326 e. The first-order valence-electron chi connectivity index (χ1n) is 5.40. The molecule has 0 unspecified atom stereocenters. The summed E-state index contributed by atoms with van der Waals surface area (Å²) in [6.45, 7) is -0.299. The molecule has 1 amide bonds. The number of hydrogen-bond donors (Lipinski definition) is 2. The minimum absolute atomic E-state index is 0.112. The van der Waals surface area contributed by atoms with Crippen LogP contribution >= 0.6 is 0 Å². The largest absolute Gasteiger partial charge is 0.416 e. The highest BCUT2D eigenvalue weighted by atomic mass is 32.2. The van der Waals surface area contributed by atoms with Crippen molar-refractivity contribution < 1.29 is 26.4 Å². The number of carbonyl (C=O) groups is 1. The number of carbonyl (C=O) groups excluding carboxylic acids is 1. The fourth-order valence-electron chi connectivity index (χ4n) is 1.53. The van der Waals surface area contributed by atoms with E-state index < -0.39 is 33.2 Å². The Hall–Kier alpha value is -1.61. The van der Waals surface area contributed by atoms with E-state index >= 15 is 0 Å². The molecule has 20 heavy (non-hydrogen) atoms. The number of nitrogens with two attached hydrogens (primary N) is 1. The zero-order valence-electron chi connectivity index (χ0n) is 10.5. The molecule has 1 rings (SSSR count). The normalized spacial score (nSPS) is 12.2. The van der Waals surface area contributed by atoms with Gasteiger partial charge in [0.05, 0.1) is 5.56 Å². The maximum atomic E-state index is 12.8. The predicted octanol–water partition coefficient (Wildman–Crippen LogP) is 1.15. The van der Waals surface area contributed by atoms with Gasteiger partial charge in [-0.1, -0.05) is 6.07 Å². The zero-order chi connectivity index (χ0) is 15.6. The van der Waals surface area contributed by atoms with Crippen molar-refractivity contribution in [2.75, 3.05) is 17.3 Å². The summed E-state index contributed by atoms with van der Waals surface area (Å²) in [5.41, 5.74) is 4.01. The van der Waals surface area contributed by atoms with Crippen LogP contribution in [0.2, 0.25) is 0 Å². The van der Waals surface area contributed by atoms with E-state index in [4.69, 9.17) is 5.73 Å². The Kier molecular flexibility index (Phi) is 4.77. The Morgan fingerprint density at radius 2 is 1.95 bits per heavy atom. The number of rotatable bonds is 4. The van der Waals surface area contributed by atoms with Crippen LogP contribution in [0.4, 0.5) is 18.9 Å². The third-order valence-corrected chi connectivity index (χ3v) is 3.10. The average Bonchev–Trinajstić information content (AvgIpc) is 2.25. The van der Waals surface area contributed by atoms with E-state index in [0.29, 0.717) is 0 Å². The number of alkyl halides is 3. The zero-order valence-corrected chi connectivity index (χ0v) is 11.3. The molecule has 0 spiro atoms. The summed E-state index contributed by atoms with van der Waals surface area (Å²) in [5.74, 6) is -1.70. The molecule has 0 aliphatic heterocycles. The molecule has 0 saturated heterocycles. The SMILES string of the molecule is CS(=O)(=O)CC(=O)Nc1ccc(CN)c(C(F)(F)F)c1. The summed E-state index contributed by atoms with van der Waals surface area (Å²) in [6, 6.07) is 3.10. The molecule has 112 valence electrons. The van der Waals surface area contributed by atoms with Crippen LogP contribution in [0, 0.1) is 0 Å². The fraction of sp³-hybridized carbons (Fsp3) is 0.364. The van der Waals surface area contributed by atoms with Crippen LogP contribution in [0.15, 0.2) is 18.2 Å². The van der Waals surface area contributed by atoms with Gasteiger partial charge in [-0.25, -0.2) is 8.42 Å². The van der Waals surface area contributed by atoms with Crippen LogP contribution in [0.3, 0.4) is 0 Å². The van der Waals surface area contributed by atoms with Crippen LogP contribution in [0.25, 0.3) is 0 Å². The first kappa shape index (κ1) is 16.4. The number of anilines is 1. The highest BCUT2D eigenvalue weighted by molar-refractivity contribution is 7.91. The lowest BCUT2D eigenvalue weighted by Crippen LogP contribution is -2.22. The lowest BCUT2D eigenvalue weighted by Gasteiger charge is -2.14. The van der Waals surface area contributed by atoms with E-state index in [1.807, 2.05) is 0 Å².